The maximum atomic E-state index is 13.0. The summed E-state index contributed by atoms with van der Waals surface area (Å²) in [5.74, 6) is 0.246. The van der Waals surface area contributed by atoms with Crippen LogP contribution >= 0.6 is 0 Å². The van der Waals surface area contributed by atoms with Crippen LogP contribution in [0.4, 0.5) is 16.3 Å². The highest BCUT2D eigenvalue weighted by atomic mass is 16.7. The molecule has 2 N–H and O–H groups in total. The monoisotopic (exact) mass is 499 g/mol. The predicted molar refractivity (Wildman–Crippen MR) is 139 cm³/mol. The number of urea groups is 1. The van der Waals surface area contributed by atoms with Gasteiger partial charge in [-0.15, -0.1) is 0 Å². The predicted octanol–water partition coefficient (Wildman–Crippen LogP) is 3.43. The van der Waals surface area contributed by atoms with E-state index in [0.717, 1.165) is 32.9 Å². The van der Waals surface area contributed by atoms with Crippen LogP contribution in [-0.2, 0) is 39.2 Å². The highest BCUT2D eigenvalue weighted by molar-refractivity contribution is 6.06. The van der Waals surface area contributed by atoms with E-state index < -0.39 is 11.4 Å². The first-order chi connectivity index (χ1) is 17.8. The van der Waals surface area contributed by atoms with Gasteiger partial charge in [0, 0.05) is 31.0 Å². The van der Waals surface area contributed by atoms with Crippen molar-refractivity contribution < 1.29 is 19.2 Å². The molecular formula is C28H29N5O4. The molecule has 1 aliphatic heterocycles. The number of amides is 4. The van der Waals surface area contributed by atoms with Crippen molar-refractivity contribution in [1.82, 2.24) is 14.9 Å². The van der Waals surface area contributed by atoms with Crippen LogP contribution in [0.2, 0.25) is 0 Å². The van der Waals surface area contributed by atoms with E-state index in [9.17, 15) is 14.4 Å². The largest absolute Gasteiger partial charge is 0.344 e. The second-order valence-electron chi connectivity index (χ2n) is 9.57. The number of aromatic nitrogens is 1. The van der Waals surface area contributed by atoms with Crippen LogP contribution in [0.15, 0.2) is 60.8 Å². The van der Waals surface area contributed by atoms with Crippen molar-refractivity contribution in [2.45, 2.75) is 31.7 Å². The van der Waals surface area contributed by atoms with Crippen molar-refractivity contribution in [3.8, 4) is 0 Å². The number of benzene rings is 2. The molecule has 4 amide bonds. The Morgan fingerprint density at radius 1 is 1.11 bits per heavy atom. The number of aryl methyl sites for hydroxylation is 1. The smallest absolute Gasteiger partial charge is 0.325 e. The molecule has 1 aromatic heterocycles. The SMILES string of the molecule is CON(C)C(=O)N(CC(=O)Nc1ccc2c(c1)CC1(C2)C(=O)Nc2ncccc21)Cc1ccccc1C. The van der Waals surface area contributed by atoms with Crippen LogP contribution in [0, 0.1) is 6.92 Å². The summed E-state index contributed by atoms with van der Waals surface area (Å²) < 4.78 is 0. The number of fused-ring (bicyclic) bond motifs is 3. The van der Waals surface area contributed by atoms with Crippen molar-refractivity contribution in [3.05, 3.63) is 88.6 Å². The third kappa shape index (κ3) is 4.53. The van der Waals surface area contributed by atoms with Crippen LogP contribution < -0.4 is 10.6 Å². The molecule has 9 nitrogen and oxygen atoms in total. The van der Waals surface area contributed by atoms with Crippen LogP contribution in [0.5, 0.6) is 0 Å². The van der Waals surface area contributed by atoms with E-state index in [1.165, 1.54) is 19.1 Å². The van der Waals surface area contributed by atoms with Gasteiger partial charge in [0.25, 0.3) is 0 Å². The molecule has 1 aliphatic carbocycles. The number of carbonyl (C=O) groups excluding carboxylic acids is 3. The minimum atomic E-state index is -0.671. The zero-order chi connectivity index (χ0) is 26.2. The second kappa shape index (κ2) is 9.67. The van der Waals surface area contributed by atoms with E-state index >= 15 is 0 Å². The van der Waals surface area contributed by atoms with Crippen molar-refractivity contribution in [2.24, 2.45) is 0 Å². The van der Waals surface area contributed by atoms with Gasteiger partial charge in [0.15, 0.2) is 0 Å². The number of rotatable bonds is 6. The van der Waals surface area contributed by atoms with E-state index in [4.69, 9.17) is 4.84 Å². The number of hydrogen-bond donors (Lipinski definition) is 2. The number of pyridine rings is 1. The summed E-state index contributed by atoms with van der Waals surface area (Å²) in [6, 6.07) is 16.8. The Hall–Kier alpha value is -4.24. The van der Waals surface area contributed by atoms with Crippen molar-refractivity contribution in [2.75, 3.05) is 31.3 Å². The van der Waals surface area contributed by atoms with Crippen molar-refractivity contribution >= 4 is 29.4 Å². The standard InChI is InChI=1S/C28H29N5O4/c1-18-7-4-5-8-20(18)16-33(27(36)32(2)37-3)17-24(34)30-22-11-10-19-14-28(15-21(19)13-22)23-9-6-12-29-25(23)31-26(28)35/h4-13H,14-17H2,1-3H3,(H,30,34)(H,29,31,35). The lowest BCUT2D eigenvalue weighted by molar-refractivity contribution is -0.120. The fourth-order valence-corrected chi connectivity index (χ4v) is 5.18. The Morgan fingerprint density at radius 3 is 2.68 bits per heavy atom. The van der Waals surface area contributed by atoms with Gasteiger partial charge in [-0.05, 0) is 60.2 Å². The average molecular weight is 500 g/mol. The molecular weight excluding hydrogens is 470 g/mol. The van der Waals surface area contributed by atoms with Crippen LogP contribution in [0.3, 0.4) is 0 Å². The summed E-state index contributed by atoms with van der Waals surface area (Å²) in [6.45, 7) is 2.08. The molecule has 1 unspecified atom stereocenters. The molecule has 9 heteroatoms. The average Bonchev–Trinajstić information content (AvgIpc) is 3.41. The third-order valence-electron chi connectivity index (χ3n) is 7.24. The van der Waals surface area contributed by atoms with E-state index in [0.29, 0.717) is 24.3 Å². The third-order valence-corrected chi connectivity index (χ3v) is 7.24. The van der Waals surface area contributed by atoms with Gasteiger partial charge in [0.1, 0.15) is 12.4 Å². The number of nitrogens with one attached hydrogen (secondary N) is 2. The van der Waals surface area contributed by atoms with Crippen LogP contribution in [0.25, 0.3) is 0 Å². The first-order valence-corrected chi connectivity index (χ1v) is 12.1. The number of anilines is 2. The molecule has 3 aromatic rings. The lowest BCUT2D eigenvalue weighted by Crippen LogP contribution is -2.44. The molecule has 2 heterocycles. The summed E-state index contributed by atoms with van der Waals surface area (Å²) in [5.41, 5.74) is 4.92. The van der Waals surface area contributed by atoms with Crippen molar-refractivity contribution in [1.29, 1.82) is 0 Å². The van der Waals surface area contributed by atoms with Gasteiger partial charge in [-0.1, -0.05) is 36.4 Å². The highest BCUT2D eigenvalue weighted by Crippen LogP contribution is 2.46. The second-order valence-corrected chi connectivity index (χ2v) is 9.57. The minimum Gasteiger partial charge on any atom is -0.325 e. The molecule has 2 aliphatic rings. The lowest BCUT2D eigenvalue weighted by atomic mass is 9.79. The van der Waals surface area contributed by atoms with Gasteiger partial charge < -0.3 is 15.5 Å². The number of carbonyl (C=O) groups is 3. The van der Waals surface area contributed by atoms with Gasteiger partial charge in [-0.2, -0.15) is 0 Å². The Kier molecular flexibility index (Phi) is 6.39. The summed E-state index contributed by atoms with van der Waals surface area (Å²) in [4.78, 5) is 49.7. The first kappa shape index (κ1) is 24.5. The molecule has 0 saturated carbocycles. The maximum Gasteiger partial charge on any atom is 0.344 e. The fraction of sp³-hybridized carbons (Fsp3) is 0.286. The molecule has 0 bridgehead atoms. The van der Waals surface area contributed by atoms with Crippen molar-refractivity contribution in [3.63, 3.8) is 0 Å². The minimum absolute atomic E-state index is 0.0457. The van der Waals surface area contributed by atoms with E-state index in [-0.39, 0.29) is 24.9 Å². The molecule has 37 heavy (non-hydrogen) atoms. The molecule has 0 saturated heterocycles. The summed E-state index contributed by atoms with van der Waals surface area (Å²) >= 11 is 0. The summed E-state index contributed by atoms with van der Waals surface area (Å²) in [7, 11) is 2.91. The first-order valence-electron chi connectivity index (χ1n) is 12.1. The van der Waals surface area contributed by atoms with E-state index in [2.05, 4.69) is 15.6 Å². The van der Waals surface area contributed by atoms with Gasteiger partial charge in [-0.25, -0.2) is 14.8 Å². The molecule has 5 rings (SSSR count). The zero-order valence-corrected chi connectivity index (χ0v) is 21.1. The van der Waals surface area contributed by atoms with E-state index in [1.54, 1.807) is 6.20 Å². The molecule has 0 fully saturated rings. The number of hydroxylamine groups is 2. The summed E-state index contributed by atoms with van der Waals surface area (Å²) in [6.07, 6.45) is 2.79. The fourth-order valence-electron chi connectivity index (χ4n) is 5.18. The molecule has 2 aromatic carbocycles. The molecule has 190 valence electrons. The van der Waals surface area contributed by atoms with E-state index in [1.807, 2.05) is 61.5 Å². The van der Waals surface area contributed by atoms with Crippen LogP contribution in [0.1, 0.15) is 27.8 Å². The highest BCUT2D eigenvalue weighted by Gasteiger charge is 2.51. The zero-order valence-electron chi connectivity index (χ0n) is 21.1. The number of hydrogen-bond acceptors (Lipinski definition) is 5. The topological polar surface area (TPSA) is 104 Å². The quantitative estimate of drug-likeness (QED) is 0.506. The Labute approximate surface area is 215 Å². The maximum absolute atomic E-state index is 13.0. The lowest BCUT2D eigenvalue weighted by Gasteiger charge is -2.27. The molecule has 0 radical (unpaired) electrons. The Bertz CT molecular complexity index is 1390. The van der Waals surface area contributed by atoms with Crippen LogP contribution in [-0.4, -0.2) is 53.5 Å². The summed E-state index contributed by atoms with van der Waals surface area (Å²) in [5, 5.41) is 6.93. The van der Waals surface area contributed by atoms with Gasteiger partial charge in [0.2, 0.25) is 11.8 Å². The normalized spacial score (nSPS) is 17.2. The number of nitrogens with zero attached hydrogens (tertiary/aromatic N) is 3. The Balaban J connectivity index is 1.31. The van der Waals surface area contributed by atoms with Gasteiger partial charge in [0.05, 0.1) is 12.5 Å². The van der Waals surface area contributed by atoms with Gasteiger partial charge in [-0.3, -0.25) is 14.4 Å². The Morgan fingerprint density at radius 2 is 1.89 bits per heavy atom. The van der Waals surface area contributed by atoms with Gasteiger partial charge >= 0.3 is 6.03 Å². The molecule has 1 atom stereocenters. The molecule has 1 spiro atoms.